The first-order valence-electron chi connectivity index (χ1n) is 9.28. The predicted molar refractivity (Wildman–Crippen MR) is 89.4 cm³/mol. The van der Waals surface area contributed by atoms with Gasteiger partial charge in [-0.1, -0.05) is 0 Å². The number of likely N-dealkylation sites (tertiary alicyclic amines) is 1. The van der Waals surface area contributed by atoms with Crippen molar-refractivity contribution in [3.8, 4) is 6.07 Å². The highest BCUT2D eigenvalue weighted by Gasteiger charge is 2.43. The summed E-state index contributed by atoms with van der Waals surface area (Å²) in [6, 6.07) is 1.33. The molecule has 2 N–H and O–H groups in total. The third kappa shape index (κ3) is 3.97. The van der Waals surface area contributed by atoms with Crippen LogP contribution < -0.4 is 5.32 Å². The molecule has 2 saturated heterocycles. The molecule has 0 unspecified atom stereocenters. The monoisotopic (exact) mass is 353 g/mol. The first-order valence-corrected chi connectivity index (χ1v) is 9.28. The Labute approximate surface area is 148 Å². The summed E-state index contributed by atoms with van der Waals surface area (Å²) < 4.78 is 19.0. The molecule has 2 heterocycles. The van der Waals surface area contributed by atoms with Crippen molar-refractivity contribution in [2.45, 2.75) is 62.7 Å². The van der Waals surface area contributed by atoms with Gasteiger partial charge in [-0.3, -0.25) is 4.79 Å². The molecule has 3 rings (SSSR count). The third-order valence-electron chi connectivity index (χ3n) is 6.46. The van der Waals surface area contributed by atoms with E-state index < -0.39 is 17.8 Å². The van der Waals surface area contributed by atoms with Crippen LogP contribution in [0.1, 0.15) is 44.9 Å². The number of nitrogens with zero attached hydrogens (tertiary/aromatic N) is 2. The van der Waals surface area contributed by atoms with Gasteiger partial charge in [0, 0.05) is 25.2 Å². The van der Waals surface area contributed by atoms with Crippen molar-refractivity contribution < 1.29 is 19.0 Å². The number of nitriles is 1. The molecule has 6 nitrogen and oxygen atoms in total. The minimum absolute atomic E-state index is 0.00598. The minimum atomic E-state index is -1.12. The average Bonchev–Trinajstić information content (AvgIpc) is 3.03. The molecule has 0 aromatic rings. The standard InChI is InChI=1S/C18H28FN3O3/c19-14-9-15(10-20)22(12-14)16(24)11-21-18(13-23)3-1-17(2-4-18)5-7-25-8-6-17/h14-15,21,23H,1-9,11-13H2/t14-,15-/m1/s1. The number of nitrogens with one attached hydrogen (secondary N) is 1. The van der Waals surface area contributed by atoms with Crippen molar-refractivity contribution in [3.63, 3.8) is 0 Å². The number of aliphatic hydroxyl groups is 1. The first-order chi connectivity index (χ1) is 12.0. The van der Waals surface area contributed by atoms with Crippen molar-refractivity contribution in [2.75, 3.05) is 32.9 Å². The highest BCUT2D eigenvalue weighted by Crippen LogP contribution is 2.47. The molecule has 0 aromatic heterocycles. The summed E-state index contributed by atoms with van der Waals surface area (Å²) in [7, 11) is 0. The fourth-order valence-electron chi connectivity index (χ4n) is 4.50. The third-order valence-corrected chi connectivity index (χ3v) is 6.46. The van der Waals surface area contributed by atoms with Crippen molar-refractivity contribution in [1.82, 2.24) is 10.2 Å². The highest BCUT2D eigenvalue weighted by molar-refractivity contribution is 5.79. The maximum absolute atomic E-state index is 13.5. The Bertz CT molecular complexity index is 520. The number of hydrogen-bond acceptors (Lipinski definition) is 5. The zero-order valence-electron chi connectivity index (χ0n) is 14.7. The number of aliphatic hydroxyl groups excluding tert-OH is 1. The van der Waals surface area contributed by atoms with E-state index in [0.717, 1.165) is 51.7 Å². The van der Waals surface area contributed by atoms with Crippen LogP contribution in [0.2, 0.25) is 0 Å². The number of carbonyl (C=O) groups is 1. The van der Waals surface area contributed by atoms with E-state index in [9.17, 15) is 14.3 Å². The van der Waals surface area contributed by atoms with Gasteiger partial charge < -0.3 is 20.1 Å². The Balaban J connectivity index is 1.54. The van der Waals surface area contributed by atoms with Gasteiger partial charge in [0.05, 0.1) is 25.8 Å². The van der Waals surface area contributed by atoms with E-state index in [4.69, 9.17) is 10.00 Å². The Morgan fingerprint density at radius 3 is 2.56 bits per heavy atom. The average molecular weight is 353 g/mol. The maximum atomic E-state index is 13.5. The highest BCUT2D eigenvalue weighted by atomic mass is 19.1. The van der Waals surface area contributed by atoms with Crippen LogP contribution in [0.25, 0.3) is 0 Å². The Kier molecular flexibility index (Phi) is 5.62. The number of halogens is 1. The summed E-state index contributed by atoms with van der Waals surface area (Å²) >= 11 is 0. The lowest BCUT2D eigenvalue weighted by Gasteiger charge is -2.48. The summed E-state index contributed by atoms with van der Waals surface area (Å²) in [6.45, 7) is 1.65. The molecule has 25 heavy (non-hydrogen) atoms. The van der Waals surface area contributed by atoms with Gasteiger partial charge in [-0.05, 0) is 43.9 Å². The van der Waals surface area contributed by atoms with Crippen LogP contribution in [0.5, 0.6) is 0 Å². The molecular formula is C18H28FN3O3. The van der Waals surface area contributed by atoms with Gasteiger partial charge in [0.25, 0.3) is 0 Å². The van der Waals surface area contributed by atoms with E-state index in [2.05, 4.69) is 5.32 Å². The SMILES string of the molecule is N#C[C@H]1C[C@@H](F)CN1C(=O)CNC1(CO)CCC2(CCOCC2)CC1. The molecule has 2 atom stereocenters. The predicted octanol–water partition coefficient (Wildman–Crippen LogP) is 1.14. The van der Waals surface area contributed by atoms with E-state index in [-0.39, 0.29) is 32.0 Å². The fourth-order valence-corrected chi connectivity index (χ4v) is 4.50. The number of carbonyl (C=O) groups excluding carboxylic acids is 1. The summed E-state index contributed by atoms with van der Waals surface area (Å²) in [5.41, 5.74) is -0.124. The molecule has 3 fully saturated rings. The molecule has 2 aliphatic heterocycles. The van der Waals surface area contributed by atoms with Gasteiger partial charge in [0.15, 0.2) is 0 Å². The maximum Gasteiger partial charge on any atom is 0.237 e. The molecule has 1 amide bonds. The van der Waals surface area contributed by atoms with Crippen LogP contribution in [-0.4, -0.2) is 66.6 Å². The molecular weight excluding hydrogens is 325 g/mol. The summed E-state index contributed by atoms with van der Waals surface area (Å²) in [5.74, 6) is -0.258. The van der Waals surface area contributed by atoms with E-state index in [0.29, 0.717) is 5.41 Å². The van der Waals surface area contributed by atoms with Crippen molar-refractivity contribution in [1.29, 1.82) is 5.26 Å². The summed E-state index contributed by atoms with van der Waals surface area (Å²) in [6.07, 6.45) is 4.81. The van der Waals surface area contributed by atoms with Crippen LogP contribution in [0, 0.1) is 16.7 Å². The second kappa shape index (κ2) is 7.56. The molecule has 1 saturated carbocycles. The van der Waals surface area contributed by atoms with Gasteiger partial charge in [0.2, 0.25) is 5.91 Å². The quantitative estimate of drug-likeness (QED) is 0.792. The molecule has 140 valence electrons. The smallest absolute Gasteiger partial charge is 0.237 e. The molecule has 1 spiro atoms. The zero-order valence-corrected chi connectivity index (χ0v) is 14.7. The van der Waals surface area contributed by atoms with E-state index in [1.54, 1.807) is 0 Å². The summed E-state index contributed by atoms with van der Waals surface area (Å²) in [4.78, 5) is 13.7. The van der Waals surface area contributed by atoms with Crippen LogP contribution in [0.4, 0.5) is 4.39 Å². The number of alkyl halides is 1. The number of amides is 1. The Hall–Kier alpha value is -1.23. The number of ether oxygens (including phenoxy) is 1. The molecule has 3 aliphatic rings. The topological polar surface area (TPSA) is 85.6 Å². The lowest BCUT2D eigenvalue weighted by molar-refractivity contribution is -0.131. The zero-order chi connectivity index (χ0) is 17.9. The molecule has 1 aliphatic carbocycles. The second-order valence-corrected chi connectivity index (χ2v) is 7.93. The van der Waals surface area contributed by atoms with Crippen LogP contribution in [-0.2, 0) is 9.53 Å². The van der Waals surface area contributed by atoms with Crippen LogP contribution in [0.3, 0.4) is 0 Å². The largest absolute Gasteiger partial charge is 0.394 e. The second-order valence-electron chi connectivity index (χ2n) is 7.93. The van der Waals surface area contributed by atoms with Crippen molar-refractivity contribution in [3.05, 3.63) is 0 Å². The van der Waals surface area contributed by atoms with Gasteiger partial charge in [-0.2, -0.15) is 5.26 Å². The molecule has 7 heteroatoms. The Morgan fingerprint density at radius 1 is 1.28 bits per heavy atom. The lowest BCUT2D eigenvalue weighted by Crippen LogP contribution is -2.56. The summed E-state index contributed by atoms with van der Waals surface area (Å²) in [5, 5.41) is 22.2. The molecule has 0 radical (unpaired) electrons. The molecule has 0 aromatic carbocycles. The van der Waals surface area contributed by atoms with Gasteiger partial charge >= 0.3 is 0 Å². The van der Waals surface area contributed by atoms with Gasteiger partial charge in [-0.15, -0.1) is 0 Å². The number of hydrogen-bond donors (Lipinski definition) is 2. The van der Waals surface area contributed by atoms with E-state index in [1.807, 2.05) is 6.07 Å². The normalized spacial score (nSPS) is 31.0. The Morgan fingerprint density at radius 2 is 1.96 bits per heavy atom. The fraction of sp³-hybridized carbons (Fsp3) is 0.889. The van der Waals surface area contributed by atoms with Gasteiger partial charge in [0.1, 0.15) is 12.2 Å². The lowest BCUT2D eigenvalue weighted by atomic mass is 9.64. The minimum Gasteiger partial charge on any atom is -0.394 e. The molecule has 0 bridgehead atoms. The number of rotatable bonds is 4. The van der Waals surface area contributed by atoms with E-state index in [1.165, 1.54) is 4.90 Å². The van der Waals surface area contributed by atoms with Crippen molar-refractivity contribution >= 4 is 5.91 Å². The van der Waals surface area contributed by atoms with E-state index >= 15 is 0 Å². The van der Waals surface area contributed by atoms with Crippen LogP contribution >= 0.6 is 0 Å². The van der Waals surface area contributed by atoms with Crippen molar-refractivity contribution in [2.24, 2.45) is 5.41 Å². The first kappa shape index (κ1) is 18.6. The van der Waals surface area contributed by atoms with Crippen LogP contribution in [0.15, 0.2) is 0 Å². The van der Waals surface area contributed by atoms with Gasteiger partial charge in [-0.25, -0.2) is 4.39 Å².